The number of rotatable bonds is 5. The van der Waals surface area contributed by atoms with E-state index in [1.54, 1.807) is 7.11 Å². The number of amides is 1. The summed E-state index contributed by atoms with van der Waals surface area (Å²) < 4.78 is 11.0. The quantitative estimate of drug-likeness (QED) is 0.589. The summed E-state index contributed by atoms with van der Waals surface area (Å²) in [4.78, 5) is 17.0. The lowest BCUT2D eigenvalue weighted by Crippen LogP contribution is -2.32. The van der Waals surface area contributed by atoms with Crippen LogP contribution in [0.5, 0.6) is 11.5 Å². The van der Waals surface area contributed by atoms with Gasteiger partial charge in [0.1, 0.15) is 23.9 Å². The molecule has 1 aliphatic heterocycles. The molecule has 0 bridgehead atoms. The van der Waals surface area contributed by atoms with E-state index in [1.165, 1.54) is 0 Å². The van der Waals surface area contributed by atoms with Crippen LogP contribution in [-0.4, -0.2) is 34.8 Å². The second-order valence-corrected chi connectivity index (χ2v) is 6.56. The number of carbonyl (C=O) groups is 1. The minimum atomic E-state index is -0.264. The van der Waals surface area contributed by atoms with Gasteiger partial charge in [-0.3, -0.25) is 9.89 Å². The number of nitrogens with two attached hydrogens (primary N) is 1. The van der Waals surface area contributed by atoms with E-state index >= 15 is 0 Å². The van der Waals surface area contributed by atoms with Crippen molar-refractivity contribution < 1.29 is 14.3 Å². The lowest BCUT2D eigenvalue weighted by Gasteiger charge is -2.25. The van der Waals surface area contributed by atoms with Gasteiger partial charge in [-0.1, -0.05) is 0 Å². The molecule has 3 aromatic rings. The summed E-state index contributed by atoms with van der Waals surface area (Å²) in [6.45, 7) is 0.655. The molecule has 1 aliphatic rings. The van der Waals surface area contributed by atoms with E-state index in [9.17, 15) is 4.79 Å². The van der Waals surface area contributed by atoms with Gasteiger partial charge in [-0.15, -0.1) is 12.4 Å². The SMILES string of the molecule is COc1ccc2c(c1)CC(C(=O)Nc1ccc(-c3n[nH]c(CN)n3)cc1)CO2.Cl. The molecule has 0 fully saturated rings. The van der Waals surface area contributed by atoms with E-state index in [-0.39, 0.29) is 24.2 Å². The van der Waals surface area contributed by atoms with E-state index < -0.39 is 0 Å². The smallest absolute Gasteiger partial charge is 0.231 e. The molecule has 8 nitrogen and oxygen atoms in total. The molecule has 0 aliphatic carbocycles. The number of ether oxygens (including phenoxy) is 2. The van der Waals surface area contributed by atoms with Crippen molar-refractivity contribution in [3.8, 4) is 22.9 Å². The first kappa shape index (κ1) is 20.6. The van der Waals surface area contributed by atoms with Crippen LogP contribution in [0, 0.1) is 5.92 Å². The first-order chi connectivity index (χ1) is 13.7. The van der Waals surface area contributed by atoms with E-state index in [4.69, 9.17) is 15.2 Å². The van der Waals surface area contributed by atoms with Crippen LogP contribution < -0.4 is 20.5 Å². The fourth-order valence-corrected chi connectivity index (χ4v) is 3.13. The number of H-pyrrole nitrogens is 1. The van der Waals surface area contributed by atoms with Gasteiger partial charge in [0.15, 0.2) is 5.82 Å². The van der Waals surface area contributed by atoms with Crippen LogP contribution in [0.4, 0.5) is 5.69 Å². The number of hydrogen-bond acceptors (Lipinski definition) is 6. The van der Waals surface area contributed by atoms with Crippen molar-refractivity contribution in [1.82, 2.24) is 15.2 Å². The number of carbonyl (C=O) groups excluding carboxylic acids is 1. The molecular formula is C20H22ClN5O3. The minimum Gasteiger partial charge on any atom is -0.497 e. The van der Waals surface area contributed by atoms with Crippen LogP contribution in [0.3, 0.4) is 0 Å². The standard InChI is InChI=1S/C20H21N5O3.ClH/c1-27-16-6-7-17-13(9-16)8-14(11-28-17)20(26)22-15-4-2-12(3-5-15)19-23-18(10-21)24-25-19;/h2-7,9,14H,8,10-11,21H2,1H3,(H,22,26)(H,23,24,25);1H. The summed E-state index contributed by atoms with van der Waals surface area (Å²) in [6, 6.07) is 13.0. The zero-order valence-corrected chi connectivity index (χ0v) is 16.7. The van der Waals surface area contributed by atoms with Crippen LogP contribution in [0.1, 0.15) is 11.4 Å². The number of hydrogen-bond donors (Lipinski definition) is 3. The van der Waals surface area contributed by atoms with Gasteiger partial charge in [0.25, 0.3) is 0 Å². The fraction of sp³-hybridized carbons (Fsp3) is 0.250. The molecule has 0 saturated carbocycles. The summed E-state index contributed by atoms with van der Waals surface area (Å²) in [5, 5.41) is 9.86. The highest BCUT2D eigenvalue weighted by Crippen LogP contribution is 2.31. The zero-order valence-electron chi connectivity index (χ0n) is 15.8. The maximum absolute atomic E-state index is 12.7. The molecule has 152 valence electrons. The average Bonchev–Trinajstić information content (AvgIpc) is 3.22. The Morgan fingerprint density at radius 2 is 2.10 bits per heavy atom. The molecule has 1 unspecified atom stereocenters. The van der Waals surface area contributed by atoms with Gasteiger partial charge in [-0.2, -0.15) is 5.10 Å². The second kappa shape index (κ2) is 8.93. The first-order valence-electron chi connectivity index (χ1n) is 8.98. The number of benzene rings is 2. The van der Waals surface area contributed by atoms with Gasteiger partial charge in [-0.25, -0.2) is 4.98 Å². The van der Waals surface area contributed by atoms with Crippen LogP contribution in [0.2, 0.25) is 0 Å². The molecule has 0 spiro atoms. The summed E-state index contributed by atoms with van der Waals surface area (Å²) in [7, 11) is 1.62. The summed E-state index contributed by atoms with van der Waals surface area (Å²) in [6.07, 6.45) is 0.607. The van der Waals surface area contributed by atoms with Crippen molar-refractivity contribution in [3.63, 3.8) is 0 Å². The van der Waals surface area contributed by atoms with Crippen LogP contribution in [-0.2, 0) is 17.8 Å². The van der Waals surface area contributed by atoms with Crippen molar-refractivity contribution >= 4 is 24.0 Å². The van der Waals surface area contributed by atoms with Crippen molar-refractivity contribution in [2.24, 2.45) is 11.7 Å². The molecule has 0 radical (unpaired) electrons. The van der Waals surface area contributed by atoms with E-state index in [0.29, 0.717) is 36.9 Å². The molecule has 4 N–H and O–H groups in total. The number of nitrogens with zero attached hydrogens (tertiary/aromatic N) is 2. The number of halogens is 1. The Morgan fingerprint density at radius 3 is 2.79 bits per heavy atom. The second-order valence-electron chi connectivity index (χ2n) is 6.56. The number of fused-ring (bicyclic) bond motifs is 1. The molecule has 1 amide bonds. The van der Waals surface area contributed by atoms with Crippen molar-refractivity contribution in [3.05, 3.63) is 53.9 Å². The van der Waals surface area contributed by atoms with Gasteiger partial charge in [-0.05, 0) is 54.4 Å². The Bertz CT molecular complexity index is 990. The lowest BCUT2D eigenvalue weighted by molar-refractivity contribution is -0.121. The molecule has 29 heavy (non-hydrogen) atoms. The number of nitrogens with one attached hydrogen (secondary N) is 2. The van der Waals surface area contributed by atoms with Gasteiger partial charge < -0.3 is 20.5 Å². The molecule has 2 heterocycles. The lowest BCUT2D eigenvalue weighted by atomic mass is 9.95. The Hall–Kier alpha value is -3.10. The Balaban J connectivity index is 0.00000240. The van der Waals surface area contributed by atoms with Gasteiger partial charge >= 0.3 is 0 Å². The van der Waals surface area contributed by atoms with E-state index in [1.807, 2.05) is 42.5 Å². The Morgan fingerprint density at radius 1 is 1.31 bits per heavy atom. The largest absolute Gasteiger partial charge is 0.497 e. The average molecular weight is 416 g/mol. The summed E-state index contributed by atoms with van der Waals surface area (Å²) in [5.41, 5.74) is 8.06. The third kappa shape index (κ3) is 4.49. The number of methoxy groups -OCH3 is 1. The fourth-order valence-electron chi connectivity index (χ4n) is 3.13. The highest BCUT2D eigenvalue weighted by Gasteiger charge is 2.26. The summed E-state index contributed by atoms with van der Waals surface area (Å²) in [5.74, 6) is 2.41. The molecule has 2 aromatic carbocycles. The Kier molecular flexibility index (Phi) is 6.36. The highest BCUT2D eigenvalue weighted by atomic mass is 35.5. The van der Waals surface area contributed by atoms with Gasteiger partial charge in [0.2, 0.25) is 5.91 Å². The summed E-state index contributed by atoms with van der Waals surface area (Å²) >= 11 is 0. The van der Waals surface area contributed by atoms with Crippen LogP contribution in [0.25, 0.3) is 11.4 Å². The zero-order chi connectivity index (χ0) is 19.5. The third-order valence-electron chi connectivity index (χ3n) is 4.68. The topological polar surface area (TPSA) is 115 Å². The maximum Gasteiger partial charge on any atom is 0.231 e. The number of aromatic amines is 1. The predicted octanol–water partition coefficient (Wildman–Crippen LogP) is 2.55. The molecule has 1 atom stereocenters. The molecule has 9 heteroatoms. The maximum atomic E-state index is 12.7. The third-order valence-corrected chi connectivity index (χ3v) is 4.68. The number of aromatic nitrogens is 3. The van der Waals surface area contributed by atoms with E-state index in [0.717, 1.165) is 22.6 Å². The van der Waals surface area contributed by atoms with Crippen LogP contribution in [0.15, 0.2) is 42.5 Å². The van der Waals surface area contributed by atoms with Crippen LogP contribution >= 0.6 is 12.4 Å². The van der Waals surface area contributed by atoms with Crippen molar-refractivity contribution in [2.45, 2.75) is 13.0 Å². The van der Waals surface area contributed by atoms with Gasteiger partial charge in [0, 0.05) is 11.3 Å². The molecule has 1 aromatic heterocycles. The normalized spacial score (nSPS) is 14.9. The van der Waals surface area contributed by atoms with E-state index in [2.05, 4.69) is 20.5 Å². The highest BCUT2D eigenvalue weighted by molar-refractivity contribution is 5.93. The predicted molar refractivity (Wildman–Crippen MR) is 111 cm³/mol. The monoisotopic (exact) mass is 415 g/mol. The van der Waals surface area contributed by atoms with Crippen molar-refractivity contribution in [2.75, 3.05) is 19.0 Å². The minimum absolute atomic E-state index is 0. The first-order valence-corrected chi connectivity index (χ1v) is 8.98. The number of anilines is 1. The molecule has 0 saturated heterocycles. The van der Waals surface area contributed by atoms with Gasteiger partial charge in [0.05, 0.1) is 19.6 Å². The molecule has 4 rings (SSSR count). The Labute approximate surface area is 174 Å². The molecular weight excluding hydrogens is 394 g/mol. The van der Waals surface area contributed by atoms with Crippen molar-refractivity contribution in [1.29, 1.82) is 0 Å².